The van der Waals surface area contributed by atoms with Crippen molar-refractivity contribution >= 4 is 45.5 Å². The number of anilines is 1. The Hall–Kier alpha value is -1.23. The van der Waals surface area contributed by atoms with Crippen molar-refractivity contribution in [2.24, 2.45) is 4.99 Å². The van der Waals surface area contributed by atoms with Crippen molar-refractivity contribution in [3.05, 3.63) is 24.3 Å². The highest BCUT2D eigenvalue weighted by atomic mass is 127. The molecule has 1 saturated heterocycles. The van der Waals surface area contributed by atoms with Gasteiger partial charge in [0.25, 0.3) is 0 Å². The van der Waals surface area contributed by atoms with Gasteiger partial charge in [-0.15, -0.1) is 24.0 Å². The minimum absolute atomic E-state index is 0. The Bertz CT molecular complexity index is 778. The number of benzene rings is 1. The van der Waals surface area contributed by atoms with Gasteiger partial charge in [-0.2, -0.15) is 0 Å². The van der Waals surface area contributed by atoms with E-state index in [1.165, 1.54) is 0 Å². The topological polar surface area (TPSA) is 83.0 Å². The summed E-state index contributed by atoms with van der Waals surface area (Å²) in [5, 5.41) is 6.65. The Labute approximate surface area is 192 Å². The molecule has 1 aliphatic rings. The van der Waals surface area contributed by atoms with Gasteiger partial charge in [-0.1, -0.05) is 12.1 Å². The number of rotatable bonds is 7. The van der Waals surface area contributed by atoms with Crippen LogP contribution in [0.4, 0.5) is 5.69 Å². The SMILES string of the molecule is CCNC(=NCCS(=O)(=O)C(C)(C)C)NC1CCN(c2ccccc2OC)C1.I. The number of aliphatic imine (C=N–C) groups is 1. The van der Waals surface area contributed by atoms with E-state index in [2.05, 4.69) is 26.6 Å². The molecule has 0 spiro atoms. The Morgan fingerprint density at radius 2 is 2.00 bits per heavy atom. The van der Waals surface area contributed by atoms with Crippen molar-refractivity contribution in [3.8, 4) is 5.75 Å². The van der Waals surface area contributed by atoms with Crippen molar-refractivity contribution in [1.82, 2.24) is 10.6 Å². The summed E-state index contributed by atoms with van der Waals surface area (Å²) < 4.78 is 29.3. The first kappa shape index (κ1) is 25.8. The van der Waals surface area contributed by atoms with Crippen LogP contribution >= 0.6 is 24.0 Å². The molecule has 1 heterocycles. The van der Waals surface area contributed by atoms with Crippen molar-refractivity contribution < 1.29 is 13.2 Å². The van der Waals surface area contributed by atoms with Gasteiger partial charge in [0.2, 0.25) is 0 Å². The summed E-state index contributed by atoms with van der Waals surface area (Å²) in [6, 6.07) is 8.26. The molecule has 7 nitrogen and oxygen atoms in total. The normalized spacial score (nSPS) is 17.6. The van der Waals surface area contributed by atoms with Gasteiger partial charge in [0.1, 0.15) is 5.75 Å². The first-order chi connectivity index (χ1) is 13.2. The predicted molar refractivity (Wildman–Crippen MR) is 132 cm³/mol. The third-order valence-electron chi connectivity index (χ3n) is 4.86. The third kappa shape index (κ3) is 7.20. The van der Waals surface area contributed by atoms with Crippen LogP contribution in [-0.2, 0) is 9.84 Å². The van der Waals surface area contributed by atoms with E-state index in [0.717, 1.165) is 37.5 Å². The number of methoxy groups -OCH3 is 1. The maximum absolute atomic E-state index is 12.3. The quantitative estimate of drug-likeness (QED) is 0.316. The molecule has 1 aliphatic heterocycles. The molecule has 9 heteroatoms. The lowest BCUT2D eigenvalue weighted by Crippen LogP contribution is -2.45. The molecule has 1 unspecified atom stereocenters. The number of nitrogens with one attached hydrogen (secondary N) is 2. The molecule has 0 bridgehead atoms. The van der Waals surface area contributed by atoms with Gasteiger partial charge < -0.3 is 20.3 Å². The van der Waals surface area contributed by atoms with Gasteiger partial charge in [0.05, 0.1) is 29.8 Å². The van der Waals surface area contributed by atoms with Crippen LogP contribution in [0.2, 0.25) is 0 Å². The first-order valence-electron chi connectivity index (χ1n) is 9.83. The van der Waals surface area contributed by atoms with Crippen molar-refractivity contribution in [3.63, 3.8) is 0 Å². The summed E-state index contributed by atoms with van der Waals surface area (Å²) in [5.41, 5.74) is 1.09. The largest absolute Gasteiger partial charge is 0.495 e. The summed E-state index contributed by atoms with van der Waals surface area (Å²) >= 11 is 0. The highest BCUT2D eigenvalue weighted by Gasteiger charge is 2.28. The maximum Gasteiger partial charge on any atom is 0.191 e. The van der Waals surface area contributed by atoms with Gasteiger partial charge in [-0.05, 0) is 46.2 Å². The molecule has 1 fully saturated rings. The van der Waals surface area contributed by atoms with Crippen molar-refractivity contribution in [2.75, 3.05) is 43.9 Å². The summed E-state index contributed by atoms with van der Waals surface area (Å²) in [5.74, 6) is 1.58. The fourth-order valence-electron chi connectivity index (χ4n) is 3.09. The van der Waals surface area contributed by atoms with Crippen LogP contribution < -0.4 is 20.3 Å². The second-order valence-electron chi connectivity index (χ2n) is 7.94. The summed E-state index contributed by atoms with van der Waals surface area (Å²) in [7, 11) is -1.49. The van der Waals surface area contributed by atoms with E-state index < -0.39 is 14.6 Å². The van der Waals surface area contributed by atoms with Crippen LogP contribution in [0.15, 0.2) is 29.3 Å². The molecule has 0 aromatic heterocycles. The Morgan fingerprint density at radius 1 is 1.31 bits per heavy atom. The number of hydrogen-bond acceptors (Lipinski definition) is 5. The summed E-state index contributed by atoms with van der Waals surface area (Å²) in [6.45, 7) is 9.90. The molecule has 1 aromatic carbocycles. The van der Waals surface area contributed by atoms with E-state index in [9.17, 15) is 8.42 Å². The number of nitrogens with zero attached hydrogens (tertiary/aromatic N) is 2. The standard InChI is InChI=1S/C20H34N4O3S.HI/c1-6-21-19(22-12-14-28(25,26)20(2,3)4)23-16-11-13-24(15-16)17-9-7-8-10-18(17)27-5;/h7-10,16H,6,11-15H2,1-5H3,(H2,21,22,23);1H. The highest BCUT2D eigenvalue weighted by Crippen LogP contribution is 2.30. The van der Waals surface area contributed by atoms with E-state index in [1.807, 2.05) is 25.1 Å². The zero-order chi connectivity index (χ0) is 20.8. The number of hydrogen-bond donors (Lipinski definition) is 2. The molecule has 29 heavy (non-hydrogen) atoms. The smallest absolute Gasteiger partial charge is 0.191 e. The summed E-state index contributed by atoms with van der Waals surface area (Å²) in [6.07, 6.45) is 0.975. The van der Waals surface area contributed by atoms with Gasteiger partial charge >= 0.3 is 0 Å². The Kier molecular flexibility index (Phi) is 10.0. The van der Waals surface area contributed by atoms with Crippen molar-refractivity contribution in [2.45, 2.75) is 44.9 Å². The maximum atomic E-state index is 12.3. The van der Waals surface area contributed by atoms with Gasteiger partial charge in [-0.25, -0.2) is 8.42 Å². The van der Waals surface area contributed by atoms with E-state index in [0.29, 0.717) is 5.96 Å². The van der Waals surface area contributed by atoms with Crippen molar-refractivity contribution in [1.29, 1.82) is 0 Å². The Balaban J connectivity index is 0.00000420. The molecule has 0 saturated carbocycles. The lowest BCUT2D eigenvalue weighted by Gasteiger charge is -2.22. The summed E-state index contributed by atoms with van der Waals surface area (Å²) in [4.78, 5) is 6.77. The molecule has 2 rings (SSSR count). The fourth-order valence-corrected chi connectivity index (χ4v) is 4.03. The minimum Gasteiger partial charge on any atom is -0.495 e. The zero-order valence-corrected chi connectivity index (χ0v) is 21.2. The molecular weight excluding hydrogens is 503 g/mol. The minimum atomic E-state index is -3.17. The number of ether oxygens (including phenoxy) is 1. The third-order valence-corrected chi connectivity index (χ3v) is 7.45. The van der Waals surface area contributed by atoms with E-state index >= 15 is 0 Å². The van der Waals surface area contributed by atoms with Crippen LogP contribution in [0.5, 0.6) is 5.75 Å². The number of halogens is 1. The van der Waals surface area contributed by atoms with E-state index in [1.54, 1.807) is 27.9 Å². The molecule has 0 aliphatic carbocycles. The van der Waals surface area contributed by atoms with Crippen LogP contribution in [0.25, 0.3) is 0 Å². The molecule has 0 radical (unpaired) electrons. The van der Waals surface area contributed by atoms with Gasteiger partial charge in [0, 0.05) is 25.7 Å². The molecule has 166 valence electrons. The Morgan fingerprint density at radius 3 is 2.62 bits per heavy atom. The molecule has 2 N–H and O–H groups in total. The first-order valence-corrected chi connectivity index (χ1v) is 11.5. The molecule has 1 aromatic rings. The average molecular weight is 538 g/mol. The number of para-hydroxylation sites is 2. The monoisotopic (exact) mass is 538 g/mol. The molecular formula is C20H35IN4O3S. The average Bonchev–Trinajstić information content (AvgIpc) is 3.09. The van der Waals surface area contributed by atoms with Gasteiger partial charge in [0.15, 0.2) is 15.8 Å². The highest BCUT2D eigenvalue weighted by molar-refractivity contribution is 14.0. The van der Waals surface area contributed by atoms with Crippen LogP contribution in [0.1, 0.15) is 34.1 Å². The lowest BCUT2D eigenvalue weighted by atomic mass is 10.2. The zero-order valence-electron chi connectivity index (χ0n) is 18.1. The van der Waals surface area contributed by atoms with Gasteiger partial charge in [-0.3, -0.25) is 4.99 Å². The lowest BCUT2D eigenvalue weighted by molar-refractivity contribution is 0.415. The van der Waals surface area contributed by atoms with E-state index in [-0.39, 0.29) is 42.3 Å². The molecule has 0 amide bonds. The van der Waals surface area contributed by atoms with Crippen LogP contribution in [-0.4, -0.2) is 64.2 Å². The predicted octanol–water partition coefficient (Wildman–Crippen LogP) is 2.66. The van der Waals surface area contributed by atoms with Crippen LogP contribution in [0.3, 0.4) is 0 Å². The second kappa shape index (κ2) is 11.2. The molecule has 1 atom stereocenters. The van der Waals surface area contributed by atoms with E-state index in [4.69, 9.17) is 4.74 Å². The number of guanidine groups is 1. The number of sulfone groups is 1. The van der Waals surface area contributed by atoms with Crippen LogP contribution in [0, 0.1) is 0 Å². The second-order valence-corrected chi connectivity index (χ2v) is 10.8. The fraction of sp³-hybridized carbons (Fsp3) is 0.650.